The van der Waals surface area contributed by atoms with Crippen LogP contribution in [0.2, 0.25) is 0 Å². The van der Waals surface area contributed by atoms with Crippen LogP contribution in [-0.2, 0) is 11.8 Å². The second-order valence-corrected chi connectivity index (χ2v) is 7.12. The van der Waals surface area contributed by atoms with E-state index in [-0.39, 0.29) is 0 Å². The van der Waals surface area contributed by atoms with Crippen molar-refractivity contribution in [2.24, 2.45) is 0 Å². The first-order chi connectivity index (χ1) is 9.58. The van der Waals surface area contributed by atoms with Gasteiger partial charge < -0.3 is 4.74 Å². The van der Waals surface area contributed by atoms with Gasteiger partial charge in [-0.1, -0.05) is 45.0 Å². The number of aryl methyl sites for hydroxylation is 1. The molecule has 1 unspecified atom stereocenters. The molecule has 20 heavy (non-hydrogen) atoms. The lowest BCUT2D eigenvalue weighted by Crippen LogP contribution is -2.23. The lowest BCUT2D eigenvalue weighted by molar-refractivity contribution is 0.340. The summed E-state index contributed by atoms with van der Waals surface area (Å²) in [6.45, 7) is 7.84. The van der Waals surface area contributed by atoms with Crippen molar-refractivity contribution in [1.29, 1.82) is 0 Å². The molecular weight excluding hydrogens is 244 g/mol. The van der Waals surface area contributed by atoms with Gasteiger partial charge in [0, 0.05) is 16.9 Å². The Balaban J connectivity index is 2.02. The van der Waals surface area contributed by atoms with E-state index < -0.39 is 0 Å². The summed E-state index contributed by atoms with van der Waals surface area (Å²) in [7, 11) is 0. The smallest absolute Gasteiger partial charge is 0.130 e. The monoisotopic (exact) mass is 266 g/mol. The van der Waals surface area contributed by atoms with Crippen LogP contribution in [0.3, 0.4) is 0 Å². The van der Waals surface area contributed by atoms with Gasteiger partial charge in [0.05, 0.1) is 6.61 Å². The highest BCUT2D eigenvalue weighted by atomic mass is 16.5. The molecule has 1 atom stereocenters. The maximum atomic E-state index is 5.97. The standard InChI is InChI=1S/C19H22O/c1-12-11-20-18-13(12)6-7-14-15-5-4-10-19(2,3)17(15)9-8-16(14)18/h6-9,12H,4-5,10-11H2,1-3H3. The Bertz CT molecular complexity index is 696. The fraction of sp³-hybridized carbons (Fsp3) is 0.474. The van der Waals surface area contributed by atoms with E-state index in [2.05, 4.69) is 45.0 Å². The number of benzene rings is 2. The molecule has 0 spiro atoms. The predicted molar refractivity (Wildman–Crippen MR) is 83.8 cm³/mol. The van der Waals surface area contributed by atoms with Crippen molar-refractivity contribution in [2.45, 2.75) is 51.4 Å². The number of hydrogen-bond acceptors (Lipinski definition) is 1. The van der Waals surface area contributed by atoms with E-state index in [1.54, 1.807) is 11.1 Å². The first kappa shape index (κ1) is 12.3. The van der Waals surface area contributed by atoms with Gasteiger partial charge in [-0.2, -0.15) is 0 Å². The Morgan fingerprint density at radius 1 is 1.10 bits per heavy atom. The van der Waals surface area contributed by atoms with E-state index in [1.807, 2.05) is 0 Å². The molecule has 0 fully saturated rings. The first-order valence-electron chi connectivity index (χ1n) is 7.80. The quantitative estimate of drug-likeness (QED) is 0.655. The second-order valence-electron chi connectivity index (χ2n) is 7.12. The van der Waals surface area contributed by atoms with Crippen LogP contribution in [-0.4, -0.2) is 6.61 Å². The van der Waals surface area contributed by atoms with Gasteiger partial charge in [-0.25, -0.2) is 0 Å². The molecule has 0 amide bonds. The summed E-state index contributed by atoms with van der Waals surface area (Å²) in [6, 6.07) is 9.26. The molecule has 0 aromatic heterocycles. The molecule has 1 nitrogen and oxygen atoms in total. The van der Waals surface area contributed by atoms with Gasteiger partial charge in [-0.3, -0.25) is 0 Å². The molecule has 2 aromatic carbocycles. The molecule has 1 aliphatic heterocycles. The normalized spacial score (nSPS) is 23.2. The van der Waals surface area contributed by atoms with Crippen molar-refractivity contribution >= 4 is 10.8 Å². The molecule has 4 rings (SSSR count). The highest BCUT2D eigenvalue weighted by Gasteiger charge is 2.30. The van der Waals surface area contributed by atoms with Gasteiger partial charge >= 0.3 is 0 Å². The maximum absolute atomic E-state index is 5.97. The highest BCUT2D eigenvalue weighted by Crippen LogP contribution is 2.45. The summed E-state index contributed by atoms with van der Waals surface area (Å²) in [5.74, 6) is 1.67. The van der Waals surface area contributed by atoms with Crippen LogP contribution in [0.25, 0.3) is 10.8 Å². The average Bonchev–Trinajstić information content (AvgIpc) is 2.80. The minimum absolute atomic E-state index is 0.314. The van der Waals surface area contributed by atoms with Crippen molar-refractivity contribution in [1.82, 2.24) is 0 Å². The van der Waals surface area contributed by atoms with Crippen molar-refractivity contribution < 1.29 is 4.74 Å². The topological polar surface area (TPSA) is 9.23 Å². The van der Waals surface area contributed by atoms with Gasteiger partial charge in [0.25, 0.3) is 0 Å². The van der Waals surface area contributed by atoms with Crippen LogP contribution >= 0.6 is 0 Å². The van der Waals surface area contributed by atoms with Crippen LogP contribution in [0, 0.1) is 0 Å². The minimum Gasteiger partial charge on any atom is -0.492 e. The zero-order valence-corrected chi connectivity index (χ0v) is 12.6. The van der Waals surface area contributed by atoms with Crippen molar-refractivity contribution in [3.63, 3.8) is 0 Å². The van der Waals surface area contributed by atoms with E-state index in [4.69, 9.17) is 4.74 Å². The highest BCUT2D eigenvalue weighted by molar-refractivity contribution is 5.94. The number of rotatable bonds is 0. The molecule has 0 radical (unpaired) electrons. The molecular formula is C19H22O. The van der Waals surface area contributed by atoms with Crippen LogP contribution < -0.4 is 4.74 Å². The van der Waals surface area contributed by atoms with E-state index in [0.29, 0.717) is 11.3 Å². The van der Waals surface area contributed by atoms with Crippen molar-refractivity contribution in [3.05, 3.63) is 41.0 Å². The zero-order chi connectivity index (χ0) is 13.9. The molecule has 1 heterocycles. The maximum Gasteiger partial charge on any atom is 0.130 e. The molecule has 1 heteroatoms. The van der Waals surface area contributed by atoms with E-state index in [9.17, 15) is 0 Å². The molecule has 0 saturated carbocycles. The average molecular weight is 266 g/mol. The molecule has 2 aliphatic rings. The van der Waals surface area contributed by atoms with Crippen molar-refractivity contribution in [2.75, 3.05) is 6.61 Å². The fourth-order valence-electron chi connectivity index (χ4n) is 4.05. The third kappa shape index (κ3) is 1.55. The Hall–Kier alpha value is -1.50. The van der Waals surface area contributed by atoms with Crippen LogP contribution in [0.5, 0.6) is 5.75 Å². The summed E-state index contributed by atoms with van der Waals surface area (Å²) in [5.41, 5.74) is 4.80. The van der Waals surface area contributed by atoms with Crippen LogP contribution in [0.1, 0.15) is 56.2 Å². The van der Waals surface area contributed by atoms with Gasteiger partial charge in [-0.15, -0.1) is 0 Å². The first-order valence-corrected chi connectivity index (χ1v) is 7.80. The van der Waals surface area contributed by atoms with Crippen molar-refractivity contribution in [3.8, 4) is 5.75 Å². The summed E-state index contributed by atoms with van der Waals surface area (Å²) in [5, 5.41) is 2.74. The zero-order valence-electron chi connectivity index (χ0n) is 12.6. The Labute approximate surface area is 120 Å². The summed E-state index contributed by atoms with van der Waals surface area (Å²) >= 11 is 0. The van der Waals surface area contributed by atoms with Gasteiger partial charge in [0.15, 0.2) is 0 Å². The lowest BCUT2D eigenvalue weighted by atomic mass is 9.71. The second kappa shape index (κ2) is 4.00. The van der Waals surface area contributed by atoms with Crippen LogP contribution in [0.15, 0.2) is 24.3 Å². The largest absolute Gasteiger partial charge is 0.492 e. The molecule has 0 bridgehead atoms. The fourth-order valence-corrected chi connectivity index (χ4v) is 4.05. The summed E-state index contributed by atoms with van der Waals surface area (Å²) in [4.78, 5) is 0. The van der Waals surface area contributed by atoms with Gasteiger partial charge in [0.1, 0.15) is 5.75 Å². The van der Waals surface area contributed by atoms with E-state index in [1.165, 1.54) is 35.6 Å². The number of hydrogen-bond donors (Lipinski definition) is 0. The minimum atomic E-state index is 0.314. The Morgan fingerprint density at radius 2 is 1.90 bits per heavy atom. The third-order valence-corrected chi connectivity index (χ3v) is 5.26. The molecule has 2 aromatic rings. The van der Waals surface area contributed by atoms with E-state index in [0.717, 1.165) is 12.4 Å². The summed E-state index contributed by atoms with van der Waals surface area (Å²) < 4.78 is 5.97. The number of ether oxygens (including phenoxy) is 1. The Kier molecular flexibility index (Phi) is 2.45. The third-order valence-electron chi connectivity index (χ3n) is 5.26. The number of fused-ring (bicyclic) bond motifs is 5. The van der Waals surface area contributed by atoms with Crippen LogP contribution in [0.4, 0.5) is 0 Å². The van der Waals surface area contributed by atoms with Gasteiger partial charge in [0.2, 0.25) is 0 Å². The van der Waals surface area contributed by atoms with E-state index >= 15 is 0 Å². The van der Waals surface area contributed by atoms with Gasteiger partial charge in [-0.05, 0) is 41.2 Å². The summed E-state index contributed by atoms with van der Waals surface area (Å²) in [6.07, 6.45) is 3.81. The molecule has 0 saturated heterocycles. The predicted octanol–water partition coefficient (Wildman–Crippen LogP) is 4.95. The Morgan fingerprint density at radius 3 is 2.75 bits per heavy atom. The molecule has 0 N–H and O–H groups in total. The molecule has 1 aliphatic carbocycles. The SMILES string of the molecule is CC1COc2c1ccc1c3c(ccc21)C(C)(C)CCC3. The lowest BCUT2D eigenvalue weighted by Gasteiger charge is -2.33. The molecule has 104 valence electrons.